The standard InChI is InChI=1S/C14H21N3O3S/c1-10(9-15)8-14(18)16-11-4-6-13(7-5-11)21(19,20)17-12-2-3-12/h4-7,10,12,17H,2-3,8-9,15H2,1H3,(H,16,18). The minimum absolute atomic E-state index is 0.0760. The molecule has 6 nitrogen and oxygen atoms in total. The van der Waals surface area contributed by atoms with E-state index < -0.39 is 10.0 Å². The molecule has 0 heterocycles. The van der Waals surface area contributed by atoms with E-state index >= 15 is 0 Å². The molecule has 0 bridgehead atoms. The van der Waals surface area contributed by atoms with Gasteiger partial charge in [0.2, 0.25) is 15.9 Å². The first kappa shape index (κ1) is 15.9. The summed E-state index contributed by atoms with van der Waals surface area (Å²) in [6, 6.07) is 6.24. The smallest absolute Gasteiger partial charge is 0.240 e. The van der Waals surface area contributed by atoms with Gasteiger partial charge in [0.15, 0.2) is 0 Å². The van der Waals surface area contributed by atoms with E-state index in [1.54, 1.807) is 12.1 Å². The van der Waals surface area contributed by atoms with Crippen LogP contribution in [0.3, 0.4) is 0 Å². The molecule has 7 heteroatoms. The van der Waals surface area contributed by atoms with Crippen molar-refractivity contribution in [3.05, 3.63) is 24.3 Å². The van der Waals surface area contributed by atoms with Gasteiger partial charge in [0.1, 0.15) is 0 Å². The number of carbonyl (C=O) groups is 1. The molecule has 0 aliphatic heterocycles. The van der Waals surface area contributed by atoms with Gasteiger partial charge in [-0.05, 0) is 49.6 Å². The Balaban J connectivity index is 1.96. The van der Waals surface area contributed by atoms with E-state index in [2.05, 4.69) is 10.0 Å². The predicted octanol–water partition coefficient (Wildman–Crippen LogP) is 1.05. The molecular formula is C14H21N3O3S. The summed E-state index contributed by atoms with van der Waals surface area (Å²) in [7, 11) is -3.44. The number of nitrogens with one attached hydrogen (secondary N) is 2. The Hall–Kier alpha value is -1.44. The van der Waals surface area contributed by atoms with Crippen LogP contribution in [-0.2, 0) is 14.8 Å². The van der Waals surface area contributed by atoms with E-state index in [4.69, 9.17) is 5.73 Å². The zero-order chi connectivity index (χ0) is 15.5. The highest BCUT2D eigenvalue weighted by atomic mass is 32.2. The zero-order valence-corrected chi connectivity index (χ0v) is 12.8. The van der Waals surface area contributed by atoms with Gasteiger partial charge in [-0.25, -0.2) is 13.1 Å². The van der Waals surface area contributed by atoms with E-state index in [0.29, 0.717) is 18.7 Å². The van der Waals surface area contributed by atoms with Crippen LogP contribution in [0.15, 0.2) is 29.2 Å². The van der Waals surface area contributed by atoms with E-state index in [-0.39, 0.29) is 22.8 Å². The normalized spacial score (nSPS) is 16.5. The summed E-state index contributed by atoms with van der Waals surface area (Å²) < 4.78 is 26.6. The highest BCUT2D eigenvalue weighted by molar-refractivity contribution is 7.89. The highest BCUT2D eigenvalue weighted by Gasteiger charge is 2.27. The number of carbonyl (C=O) groups excluding carboxylic acids is 1. The van der Waals surface area contributed by atoms with Crippen molar-refractivity contribution in [1.29, 1.82) is 0 Å². The highest BCUT2D eigenvalue weighted by Crippen LogP contribution is 2.22. The van der Waals surface area contributed by atoms with E-state index in [1.807, 2.05) is 6.92 Å². The predicted molar refractivity (Wildman–Crippen MR) is 81.3 cm³/mol. The second kappa shape index (κ2) is 6.55. The zero-order valence-electron chi connectivity index (χ0n) is 12.0. The Morgan fingerprint density at radius 2 is 1.95 bits per heavy atom. The van der Waals surface area contributed by atoms with Crippen molar-refractivity contribution < 1.29 is 13.2 Å². The third-order valence-corrected chi connectivity index (χ3v) is 4.82. The number of nitrogens with two attached hydrogens (primary N) is 1. The molecule has 1 aliphatic rings. The quantitative estimate of drug-likeness (QED) is 0.700. The molecule has 21 heavy (non-hydrogen) atoms. The first-order chi connectivity index (χ1) is 9.90. The van der Waals surface area contributed by atoms with Crippen LogP contribution in [0, 0.1) is 5.92 Å². The third-order valence-electron chi connectivity index (χ3n) is 3.28. The molecule has 116 valence electrons. The van der Waals surface area contributed by atoms with Gasteiger partial charge in [-0.3, -0.25) is 4.79 Å². The van der Waals surface area contributed by atoms with Crippen molar-refractivity contribution in [1.82, 2.24) is 4.72 Å². The minimum Gasteiger partial charge on any atom is -0.330 e. The van der Waals surface area contributed by atoms with Crippen LogP contribution >= 0.6 is 0 Å². The molecule has 1 saturated carbocycles. The Morgan fingerprint density at radius 3 is 2.48 bits per heavy atom. The number of sulfonamides is 1. The summed E-state index contributed by atoms with van der Waals surface area (Å²) in [5.74, 6) is -0.00736. The van der Waals surface area contributed by atoms with Crippen LogP contribution in [0.5, 0.6) is 0 Å². The van der Waals surface area contributed by atoms with E-state index in [1.165, 1.54) is 12.1 Å². The summed E-state index contributed by atoms with van der Waals surface area (Å²) in [6.45, 7) is 2.36. The largest absolute Gasteiger partial charge is 0.330 e. The van der Waals surface area contributed by atoms with Gasteiger partial charge in [-0.2, -0.15) is 0 Å². The van der Waals surface area contributed by atoms with Gasteiger partial charge in [0.05, 0.1) is 4.90 Å². The molecule has 1 amide bonds. The number of hydrogen-bond donors (Lipinski definition) is 3. The molecule has 0 aromatic heterocycles. The van der Waals surface area contributed by atoms with Crippen LogP contribution < -0.4 is 15.8 Å². The van der Waals surface area contributed by atoms with Gasteiger partial charge < -0.3 is 11.1 Å². The molecule has 0 radical (unpaired) electrons. The fourth-order valence-corrected chi connectivity index (χ4v) is 3.12. The van der Waals surface area contributed by atoms with Crippen molar-refractivity contribution >= 4 is 21.6 Å². The monoisotopic (exact) mass is 311 g/mol. The van der Waals surface area contributed by atoms with Gasteiger partial charge in [0.25, 0.3) is 0 Å². The van der Waals surface area contributed by atoms with Crippen LogP contribution in [0.1, 0.15) is 26.2 Å². The number of amides is 1. The van der Waals surface area contributed by atoms with E-state index in [0.717, 1.165) is 12.8 Å². The summed E-state index contributed by atoms with van der Waals surface area (Å²) in [6.07, 6.45) is 2.14. The third kappa shape index (κ3) is 4.80. The molecular weight excluding hydrogens is 290 g/mol. The lowest BCUT2D eigenvalue weighted by Crippen LogP contribution is -2.25. The molecule has 1 aliphatic carbocycles. The molecule has 2 rings (SSSR count). The number of hydrogen-bond acceptors (Lipinski definition) is 4. The topological polar surface area (TPSA) is 101 Å². The average molecular weight is 311 g/mol. The molecule has 4 N–H and O–H groups in total. The van der Waals surface area contributed by atoms with Gasteiger partial charge in [0, 0.05) is 18.2 Å². The number of anilines is 1. The number of rotatable bonds is 7. The molecule has 0 saturated heterocycles. The SMILES string of the molecule is CC(CN)CC(=O)Nc1ccc(S(=O)(=O)NC2CC2)cc1. The summed E-state index contributed by atoms with van der Waals surface area (Å²) >= 11 is 0. The summed E-state index contributed by atoms with van der Waals surface area (Å²) in [4.78, 5) is 11.9. The maximum atomic E-state index is 12.0. The average Bonchev–Trinajstić information content (AvgIpc) is 3.22. The molecule has 1 fully saturated rings. The van der Waals surface area contributed by atoms with Crippen LogP contribution in [-0.4, -0.2) is 26.9 Å². The Kier molecular flexibility index (Phi) is 4.97. The van der Waals surface area contributed by atoms with Crippen LogP contribution in [0.2, 0.25) is 0 Å². The Bertz CT molecular complexity index is 594. The van der Waals surface area contributed by atoms with Gasteiger partial charge in [-0.15, -0.1) is 0 Å². The van der Waals surface area contributed by atoms with Crippen molar-refractivity contribution in [3.63, 3.8) is 0 Å². The van der Waals surface area contributed by atoms with Crippen molar-refractivity contribution in [2.75, 3.05) is 11.9 Å². The fraction of sp³-hybridized carbons (Fsp3) is 0.500. The van der Waals surface area contributed by atoms with Crippen LogP contribution in [0.4, 0.5) is 5.69 Å². The minimum atomic E-state index is -3.44. The summed E-state index contributed by atoms with van der Waals surface area (Å²) in [5, 5.41) is 2.73. The first-order valence-corrected chi connectivity index (χ1v) is 8.51. The molecule has 1 aromatic rings. The van der Waals surface area contributed by atoms with Gasteiger partial charge >= 0.3 is 0 Å². The lowest BCUT2D eigenvalue weighted by molar-refractivity contribution is -0.116. The van der Waals surface area contributed by atoms with Crippen molar-refractivity contribution in [2.45, 2.75) is 37.1 Å². The first-order valence-electron chi connectivity index (χ1n) is 7.03. The lowest BCUT2D eigenvalue weighted by Gasteiger charge is -2.10. The Labute approximate surface area is 125 Å². The Morgan fingerprint density at radius 1 is 1.33 bits per heavy atom. The lowest BCUT2D eigenvalue weighted by atomic mass is 10.1. The maximum Gasteiger partial charge on any atom is 0.240 e. The van der Waals surface area contributed by atoms with Crippen LogP contribution in [0.25, 0.3) is 0 Å². The fourth-order valence-electron chi connectivity index (χ4n) is 1.82. The molecule has 0 spiro atoms. The second-order valence-corrected chi connectivity index (χ2v) is 7.23. The number of benzene rings is 1. The van der Waals surface area contributed by atoms with Crippen molar-refractivity contribution in [2.24, 2.45) is 11.7 Å². The molecule has 1 unspecified atom stereocenters. The maximum absolute atomic E-state index is 12.0. The van der Waals surface area contributed by atoms with E-state index in [9.17, 15) is 13.2 Å². The molecule has 1 aromatic carbocycles. The van der Waals surface area contributed by atoms with Crippen molar-refractivity contribution in [3.8, 4) is 0 Å². The second-order valence-electron chi connectivity index (χ2n) is 5.51. The molecule has 1 atom stereocenters. The van der Waals surface area contributed by atoms with Gasteiger partial charge in [-0.1, -0.05) is 6.92 Å². The summed E-state index contributed by atoms with van der Waals surface area (Å²) in [5.41, 5.74) is 6.05.